The normalized spacial score (nSPS) is 14.8. The van der Waals surface area contributed by atoms with Gasteiger partial charge in [0.15, 0.2) is 0 Å². The fourth-order valence-corrected chi connectivity index (χ4v) is 2.31. The molecule has 3 N–H and O–H groups in total. The van der Waals surface area contributed by atoms with Gasteiger partial charge in [-0.3, -0.25) is 19.8 Å². The summed E-state index contributed by atoms with van der Waals surface area (Å²) in [4.78, 5) is 31.1. The Morgan fingerprint density at radius 1 is 1.25 bits per heavy atom. The molecule has 1 aromatic carbocycles. The number of benzene rings is 1. The predicted octanol–water partition coefficient (Wildman–Crippen LogP) is 1.79. The van der Waals surface area contributed by atoms with Gasteiger partial charge in [-0.15, -0.1) is 0 Å². The van der Waals surface area contributed by atoms with Crippen molar-refractivity contribution in [3.63, 3.8) is 0 Å². The van der Waals surface area contributed by atoms with Crippen LogP contribution < -0.4 is 11.2 Å². The van der Waals surface area contributed by atoms with Crippen molar-refractivity contribution in [2.45, 2.75) is 0 Å². The van der Waals surface area contributed by atoms with Gasteiger partial charge in [-0.25, -0.2) is 4.79 Å². The minimum absolute atomic E-state index is 0.0149. The third-order valence-electron chi connectivity index (χ3n) is 2.87. The standard InChI is InChI=1S/C13H8BrN3O3/c14-7-1-2-10-8(4-7)6(5-15-10)3-9-11(18)16-13(20)17-12(9)19/h1-5H,(H3,16,17,18,19,20)/b6-3-. The number of allylic oxidation sites excluding steroid dienone is 1. The monoisotopic (exact) mass is 333 g/mol. The second-order valence-corrected chi connectivity index (χ2v) is 5.11. The Morgan fingerprint density at radius 2 is 2.05 bits per heavy atom. The summed E-state index contributed by atoms with van der Waals surface area (Å²) in [6, 6.07) is 5.57. The number of H-pyrrole nitrogens is 2. The van der Waals surface area contributed by atoms with E-state index in [9.17, 15) is 14.7 Å². The van der Waals surface area contributed by atoms with Crippen molar-refractivity contribution < 1.29 is 5.11 Å². The maximum absolute atomic E-state index is 11.7. The fourth-order valence-electron chi connectivity index (χ4n) is 1.95. The van der Waals surface area contributed by atoms with Gasteiger partial charge >= 0.3 is 5.69 Å². The number of nitrogens with one attached hydrogen (secondary N) is 2. The van der Waals surface area contributed by atoms with Gasteiger partial charge in [0.1, 0.15) is 5.56 Å². The summed E-state index contributed by atoms with van der Waals surface area (Å²) in [5, 5.41) is 9.66. The van der Waals surface area contributed by atoms with Gasteiger partial charge in [0, 0.05) is 21.8 Å². The van der Waals surface area contributed by atoms with Crippen LogP contribution in [-0.4, -0.2) is 21.3 Å². The molecule has 0 aliphatic carbocycles. The summed E-state index contributed by atoms with van der Waals surface area (Å²) in [7, 11) is 0. The number of aromatic hydroxyl groups is 1. The second kappa shape index (κ2) is 4.61. The zero-order valence-corrected chi connectivity index (χ0v) is 11.6. The maximum Gasteiger partial charge on any atom is 0.328 e. The Balaban J connectivity index is 2.18. The smallest absolute Gasteiger partial charge is 0.328 e. The van der Waals surface area contributed by atoms with E-state index in [1.807, 2.05) is 18.2 Å². The number of rotatable bonds is 1. The Hall–Kier alpha value is -2.41. The second-order valence-electron chi connectivity index (χ2n) is 4.19. The highest BCUT2D eigenvalue weighted by atomic mass is 79.9. The predicted molar refractivity (Wildman–Crippen MR) is 79.5 cm³/mol. The number of fused-ring (bicyclic) bond motifs is 1. The molecule has 0 saturated heterocycles. The summed E-state index contributed by atoms with van der Waals surface area (Å²) < 4.78 is 0.882. The van der Waals surface area contributed by atoms with Crippen molar-refractivity contribution in [2.24, 2.45) is 4.99 Å². The molecule has 0 radical (unpaired) electrons. The number of nitrogens with zero attached hydrogens (tertiary/aromatic N) is 1. The van der Waals surface area contributed by atoms with E-state index in [4.69, 9.17) is 0 Å². The molecule has 1 aliphatic rings. The molecule has 0 saturated carbocycles. The molecule has 7 heteroatoms. The highest BCUT2D eigenvalue weighted by Gasteiger charge is 2.14. The molecule has 0 bridgehead atoms. The van der Waals surface area contributed by atoms with Gasteiger partial charge < -0.3 is 5.11 Å². The summed E-state index contributed by atoms with van der Waals surface area (Å²) in [5.41, 5.74) is 0.866. The third-order valence-corrected chi connectivity index (χ3v) is 3.36. The molecule has 100 valence electrons. The van der Waals surface area contributed by atoms with Crippen LogP contribution in [0.25, 0.3) is 11.6 Å². The van der Waals surface area contributed by atoms with Crippen molar-refractivity contribution in [3.05, 3.63) is 54.6 Å². The molecular weight excluding hydrogens is 326 g/mol. The Labute approximate surface area is 120 Å². The first-order valence-electron chi connectivity index (χ1n) is 5.66. The zero-order chi connectivity index (χ0) is 14.3. The summed E-state index contributed by atoms with van der Waals surface area (Å²) >= 11 is 3.37. The maximum atomic E-state index is 11.7. The molecular formula is C13H8BrN3O3. The van der Waals surface area contributed by atoms with Crippen LogP contribution in [0.3, 0.4) is 0 Å². The van der Waals surface area contributed by atoms with Crippen molar-refractivity contribution in [3.8, 4) is 5.88 Å². The lowest BCUT2D eigenvalue weighted by molar-refractivity contribution is 0.447. The Morgan fingerprint density at radius 3 is 2.80 bits per heavy atom. The van der Waals surface area contributed by atoms with Crippen LogP contribution in [0.1, 0.15) is 11.1 Å². The summed E-state index contributed by atoms with van der Waals surface area (Å²) in [6.45, 7) is 0. The largest absolute Gasteiger partial charge is 0.494 e. The van der Waals surface area contributed by atoms with Crippen LogP contribution >= 0.6 is 15.9 Å². The van der Waals surface area contributed by atoms with Crippen molar-refractivity contribution in [1.82, 2.24) is 9.97 Å². The van der Waals surface area contributed by atoms with Gasteiger partial charge in [-0.05, 0) is 24.3 Å². The van der Waals surface area contributed by atoms with E-state index in [0.717, 1.165) is 15.7 Å². The lowest BCUT2D eigenvalue weighted by atomic mass is 10.1. The van der Waals surface area contributed by atoms with Crippen LogP contribution in [-0.2, 0) is 0 Å². The average molecular weight is 334 g/mol. The molecule has 3 rings (SSSR count). The zero-order valence-electron chi connectivity index (χ0n) is 9.98. The van der Waals surface area contributed by atoms with Crippen molar-refractivity contribution in [1.29, 1.82) is 0 Å². The number of hydrogen-bond acceptors (Lipinski definition) is 4. The summed E-state index contributed by atoms with van der Waals surface area (Å²) in [5.74, 6) is -0.469. The molecule has 0 unspecified atom stereocenters. The lowest BCUT2D eigenvalue weighted by Gasteiger charge is -2.01. The van der Waals surface area contributed by atoms with E-state index in [0.29, 0.717) is 5.57 Å². The van der Waals surface area contributed by atoms with E-state index in [1.165, 1.54) is 6.08 Å². The van der Waals surface area contributed by atoms with Gasteiger partial charge in [0.05, 0.1) is 5.69 Å². The number of hydrogen-bond donors (Lipinski definition) is 3. The molecule has 0 atom stereocenters. The Bertz CT molecular complexity index is 877. The first kappa shape index (κ1) is 12.6. The molecule has 6 nitrogen and oxygen atoms in total. The fraction of sp³-hybridized carbons (Fsp3) is 0. The Kier molecular flexibility index (Phi) is 2.90. The van der Waals surface area contributed by atoms with E-state index >= 15 is 0 Å². The van der Waals surface area contributed by atoms with Crippen LogP contribution in [0.15, 0.2) is 37.3 Å². The van der Waals surface area contributed by atoms with Crippen molar-refractivity contribution in [2.75, 3.05) is 0 Å². The van der Waals surface area contributed by atoms with E-state index < -0.39 is 17.1 Å². The van der Waals surface area contributed by atoms with Crippen molar-refractivity contribution >= 4 is 39.5 Å². The topological polar surface area (TPSA) is 98.3 Å². The van der Waals surface area contributed by atoms with Crippen LogP contribution in [0, 0.1) is 0 Å². The van der Waals surface area contributed by atoms with Crippen LogP contribution in [0.5, 0.6) is 5.88 Å². The molecule has 0 spiro atoms. The first-order chi connectivity index (χ1) is 9.54. The van der Waals surface area contributed by atoms with E-state index in [1.54, 1.807) is 6.21 Å². The van der Waals surface area contributed by atoms with Crippen LogP contribution in [0.4, 0.5) is 5.69 Å². The highest BCUT2D eigenvalue weighted by molar-refractivity contribution is 9.10. The van der Waals surface area contributed by atoms with E-state index in [-0.39, 0.29) is 5.56 Å². The van der Waals surface area contributed by atoms with Gasteiger partial charge in [0.25, 0.3) is 5.56 Å². The quantitative estimate of drug-likeness (QED) is 0.741. The third kappa shape index (κ3) is 2.12. The molecule has 2 heterocycles. The van der Waals surface area contributed by atoms with Gasteiger partial charge in [-0.2, -0.15) is 0 Å². The average Bonchev–Trinajstić information content (AvgIpc) is 2.76. The van der Waals surface area contributed by atoms with Gasteiger partial charge in [0.2, 0.25) is 5.88 Å². The molecule has 0 amide bonds. The number of aliphatic imine (C=N–C) groups is 1. The van der Waals surface area contributed by atoms with E-state index in [2.05, 4.69) is 30.9 Å². The minimum Gasteiger partial charge on any atom is -0.494 e. The van der Waals surface area contributed by atoms with Gasteiger partial charge in [-0.1, -0.05) is 15.9 Å². The lowest BCUT2D eigenvalue weighted by Crippen LogP contribution is -2.23. The number of aromatic nitrogens is 2. The molecule has 20 heavy (non-hydrogen) atoms. The minimum atomic E-state index is -0.752. The molecule has 1 aromatic heterocycles. The van der Waals surface area contributed by atoms with Crippen LogP contribution in [0.2, 0.25) is 0 Å². The molecule has 1 aliphatic heterocycles. The highest BCUT2D eigenvalue weighted by Crippen LogP contribution is 2.34. The summed E-state index contributed by atoms with van der Waals surface area (Å²) in [6.07, 6.45) is 3.08. The SMILES string of the molecule is O=c1[nH]c(O)c(/C=C2/C=Nc3ccc(Br)cc32)c(=O)[nH]1. The first-order valence-corrected chi connectivity index (χ1v) is 6.45. The number of aromatic amines is 2. The molecule has 0 fully saturated rings. The molecule has 2 aromatic rings. The number of halogens is 1.